The Balaban J connectivity index is 2.37. The van der Waals surface area contributed by atoms with Gasteiger partial charge in [0.05, 0.1) is 13.2 Å². The van der Waals surface area contributed by atoms with Crippen molar-refractivity contribution in [3.8, 4) is 0 Å². The van der Waals surface area contributed by atoms with Gasteiger partial charge < -0.3 is 14.8 Å². The third kappa shape index (κ3) is 7.04. The molecule has 1 aromatic carbocycles. The molecule has 1 N–H and O–H groups in total. The largest absolute Gasteiger partial charge is 0.382 e. The van der Waals surface area contributed by atoms with Gasteiger partial charge in [-0.15, -0.1) is 0 Å². The Bertz CT molecular complexity index is 337. The Morgan fingerprint density at radius 2 is 1.85 bits per heavy atom. The van der Waals surface area contributed by atoms with Crippen LogP contribution in [0.15, 0.2) is 24.3 Å². The van der Waals surface area contributed by atoms with Gasteiger partial charge in [-0.05, 0) is 37.8 Å². The van der Waals surface area contributed by atoms with E-state index in [1.165, 1.54) is 11.1 Å². The van der Waals surface area contributed by atoms with Crippen molar-refractivity contribution in [3.63, 3.8) is 0 Å². The third-order valence-corrected chi connectivity index (χ3v) is 3.46. The van der Waals surface area contributed by atoms with Gasteiger partial charge in [-0.2, -0.15) is 0 Å². The number of rotatable bonds is 11. The molecule has 0 fully saturated rings. The maximum Gasteiger partial charge on any atom is 0.0700 e. The van der Waals surface area contributed by atoms with E-state index in [1.807, 2.05) is 0 Å². The number of benzene rings is 1. The van der Waals surface area contributed by atoms with Crippen LogP contribution in [0.5, 0.6) is 0 Å². The van der Waals surface area contributed by atoms with Gasteiger partial charge in [0.1, 0.15) is 0 Å². The molecule has 114 valence electrons. The van der Waals surface area contributed by atoms with Crippen LogP contribution in [-0.2, 0) is 9.47 Å². The van der Waals surface area contributed by atoms with Crippen molar-refractivity contribution in [2.24, 2.45) is 0 Å². The average Bonchev–Trinajstić information content (AvgIpc) is 2.47. The zero-order chi connectivity index (χ0) is 14.6. The van der Waals surface area contributed by atoms with Crippen molar-refractivity contribution in [3.05, 3.63) is 35.4 Å². The van der Waals surface area contributed by atoms with Crippen LogP contribution in [0.3, 0.4) is 0 Å². The molecule has 0 heterocycles. The van der Waals surface area contributed by atoms with Crippen LogP contribution >= 0.6 is 0 Å². The molecule has 0 saturated heterocycles. The lowest BCUT2D eigenvalue weighted by Gasteiger charge is -2.18. The lowest BCUT2D eigenvalue weighted by molar-refractivity contribution is 0.0681. The van der Waals surface area contributed by atoms with E-state index in [9.17, 15) is 0 Å². The lowest BCUT2D eigenvalue weighted by Crippen LogP contribution is -2.21. The first-order valence-corrected chi connectivity index (χ1v) is 7.62. The van der Waals surface area contributed by atoms with Gasteiger partial charge in [0.15, 0.2) is 0 Å². The number of hydrogen-bond acceptors (Lipinski definition) is 3. The molecule has 3 heteroatoms. The summed E-state index contributed by atoms with van der Waals surface area (Å²) >= 11 is 0. The van der Waals surface area contributed by atoms with Crippen LogP contribution in [0.2, 0.25) is 0 Å². The van der Waals surface area contributed by atoms with Crippen LogP contribution in [0.4, 0.5) is 0 Å². The van der Waals surface area contributed by atoms with Gasteiger partial charge >= 0.3 is 0 Å². The predicted octanol–water partition coefficient (Wildman–Crippen LogP) is 3.13. The smallest absolute Gasteiger partial charge is 0.0700 e. The van der Waals surface area contributed by atoms with Crippen LogP contribution in [0.1, 0.15) is 36.8 Å². The summed E-state index contributed by atoms with van der Waals surface area (Å²) in [5, 5.41) is 3.46. The molecule has 0 saturated carbocycles. The fraction of sp³-hybridized carbons (Fsp3) is 0.647. The molecule has 0 spiro atoms. The molecule has 0 radical (unpaired) electrons. The highest BCUT2D eigenvalue weighted by atomic mass is 16.5. The van der Waals surface area contributed by atoms with Crippen LogP contribution in [-0.4, -0.2) is 40.0 Å². The van der Waals surface area contributed by atoms with E-state index in [0.29, 0.717) is 19.1 Å². The van der Waals surface area contributed by atoms with Gasteiger partial charge in [-0.1, -0.05) is 36.8 Å². The van der Waals surface area contributed by atoms with Crippen molar-refractivity contribution in [1.29, 1.82) is 0 Å². The van der Waals surface area contributed by atoms with E-state index >= 15 is 0 Å². The summed E-state index contributed by atoms with van der Waals surface area (Å²) in [5.74, 6) is 0.571. The Hall–Kier alpha value is -0.900. The Morgan fingerprint density at radius 1 is 1.10 bits per heavy atom. The molecule has 0 bridgehead atoms. The number of nitrogens with one attached hydrogen (secondary N) is 1. The van der Waals surface area contributed by atoms with Gasteiger partial charge in [0, 0.05) is 20.3 Å². The minimum absolute atomic E-state index is 0.571. The Labute approximate surface area is 123 Å². The second kappa shape index (κ2) is 10.8. The molecule has 1 aromatic rings. The van der Waals surface area contributed by atoms with Gasteiger partial charge in [0.2, 0.25) is 0 Å². The van der Waals surface area contributed by atoms with E-state index in [2.05, 4.69) is 43.4 Å². The second-order valence-corrected chi connectivity index (χ2v) is 5.16. The molecule has 1 unspecified atom stereocenters. The quantitative estimate of drug-likeness (QED) is 0.631. The zero-order valence-corrected chi connectivity index (χ0v) is 13.2. The summed E-state index contributed by atoms with van der Waals surface area (Å²) in [7, 11) is 1.70. The molecule has 1 rings (SSSR count). The fourth-order valence-corrected chi connectivity index (χ4v) is 2.22. The van der Waals surface area contributed by atoms with Crippen molar-refractivity contribution < 1.29 is 9.47 Å². The molecular weight excluding hydrogens is 250 g/mol. The number of methoxy groups -OCH3 is 1. The maximum absolute atomic E-state index is 5.54. The Kier molecular flexibility index (Phi) is 9.29. The molecule has 0 aromatic heterocycles. The first-order valence-electron chi connectivity index (χ1n) is 7.62. The maximum atomic E-state index is 5.54. The van der Waals surface area contributed by atoms with E-state index in [1.54, 1.807) is 7.11 Å². The van der Waals surface area contributed by atoms with Crippen molar-refractivity contribution in [2.75, 3.05) is 40.0 Å². The molecule has 0 amide bonds. The summed E-state index contributed by atoms with van der Waals surface area (Å²) in [5.41, 5.74) is 2.74. The fourth-order valence-electron chi connectivity index (χ4n) is 2.22. The molecule has 0 aliphatic carbocycles. The van der Waals surface area contributed by atoms with Crippen LogP contribution in [0.25, 0.3) is 0 Å². The lowest BCUT2D eigenvalue weighted by atomic mass is 9.93. The minimum atomic E-state index is 0.571. The summed E-state index contributed by atoms with van der Waals surface area (Å²) in [6.45, 7) is 8.53. The van der Waals surface area contributed by atoms with E-state index < -0.39 is 0 Å². The summed E-state index contributed by atoms with van der Waals surface area (Å²) in [6.07, 6.45) is 2.25. The SMILES string of the molecule is CCNCC(CCCOCCOC)c1ccc(C)cc1. The van der Waals surface area contributed by atoms with Crippen LogP contribution in [0, 0.1) is 6.92 Å². The summed E-state index contributed by atoms with van der Waals surface area (Å²) < 4.78 is 10.5. The first kappa shape index (κ1) is 17.2. The zero-order valence-electron chi connectivity index (χ0n) is 13.2. The molecule has 0 aliphatic rings. The molecule has 0 aliphatic heterocycles. The highest BCUT2D eigenvalue weighted by Gasteiger charge is 2.10. The predicted molar refractivity (Wildman–Crippen MR) is 84.4 cm³/mol. The number of likely N-dealkylation sites (N-methyl/N-ethyl adjacent to an activating group) is 1. The van der Waals surface area contributed by atoms with Crippen molar-refractivity contribution in [1.82, 2.24) is 5.32 Å². The monoisotopic (exact) mass is 279 g/mol. The molecule has 3 nitrogen and oxygen atoms in total. The minimum Gasteiger partial charge on any atom is -0.382 e. The Morgan fingerprint density at radius 3 is 2.50 bits per heavy atom. The topological polar surface area (TPSA) is 30.5 Å². The molecule has 1 atom stereocenters. The third-order valence-electron chi connectivity index (χ3n) is 3.46. The summed E-state index contributed by atoms with van der Waals surface area (Å²) in [6, 6.07) is 8.90. The van der Waals surface area contributed by atoms with E-state index in [0.717, 1.165) is 32.5 Å². The highest BCUT2D eigenvalue weighted by Crippen LogP contribution is 2.21. The van der Waals surface area contributed by atoms with Gasteiger partial charge in [0.25, 0.3) is 0 Å². The standard InChI is InChI=1S/C17H29NO2/c1-4-18-14-17(6-5-11-20-13-12-19-3)16-9-7-15(2)8-10-16/h7-10,17-18H,4-6,11-14H2,1-3H3. The van der Waals surface area contributed by atoms with E-state index in [-0.39, 0.29) is 0 Å². The first-order chi connectivity index (χ1) is 9.77. The van der Waals surface area contributed by atoms with Gasteiger partial charge in [-0.3, -0.25) is 0 Å². The molecular formula is C17H29NO2. The number of aryl methyl sites for hydroxylation is 1. The average molecular weight is 279 g/mol. The van der Waals surface area contributed by atoms with Crippen LogP contribution < -0.4 is 5.32 Å². The van der Waals surface area contributed by atoms with Crippen molar-refractivity contribution in [2.45, 2.75) is 32.6 Å². The summed E-state index contributed by atoms with van der Waals surface area (Å²) in [4.78, 5) is 0. The van der Waals surface area contributed by atoms with Crippen molar-refractivity contribution >= 4 is 0 Å². The number of ether oxygens (including phenoxy) is 2. The highest BCUT2D eigenvalue weighted by molar-refractivity contribution is 5.24. The normalized spacial score (nSPS) is 12.6. The van der Waals surface area contributed by atoms with E-state index in [4.69, 9.17) is 9.47 Å². The van der Waals surface area contributed by atoms with Gasteiger partial charge in [-0.25, -0.2) is 0 Å². The second-order valence-electron chi connectivity index (χ2n) is 5.16. The molecule has 20 heavy (non-hydrogen) atoms. The number of hydrogen-bond donors (Lipinski definition) is 1.